The largest absolute Gasteiger partial charge is 0.378 e. The third-order valence-electron chi connectivity index (χ3n) is 4.26. The van der Waals surface area contributed by atoms with E-state index in [0.29, 0.717) is 12.1 Å². The Kier molecular flexibility index (Phi) is 3.66. The van der Waals surface area contributed by atoms with E-state index >= 15 is 0 Å². The third kappa shape index (κ3) is 2.45. The van der Waals surface area contributed by atoms with Gasteiger partial charge in [-0.1, -0.05) is 0 Å². The molecule has 18 heavy (non-hydrogen) atoms. The molecule has 2 atom stereocenters. The second-order valence-corrected chi connectivity index (χ2v) is 5.49. The molecule has 1 aliphatic heterocycles. The van der Waals surface area contributed by atoms with Crippen molar-refractivity contribution in [3.05, 3.63) is 17.5 Å². The summed E-state index contributed by atoms with van der Waals surface area (Å²) in [5, 5.41) is 8.07. The SMILES string of the molecule is Cn1ncc2c1CCCC2NCCC1CCCO1. The summed E-state index contributed by atoms with van der Waals surface area (Å²) in [6.07, 6.45) is 9.84. The first-order valence-corrected chi connectivity index (χ1v) is 7.20. The molecule has 0 amide bonds. The summed E-state index contributed by atoms with van der Waals surface area (Å²) in [5.74, 6) is 0. The molecule has 1 aliphatic carbocycles. The molecule has 0 bridgehead atoms. The topological polar surface area (TPSA) is 39.1 Å². The first-order valence-electron chi connectivity index (χ1n) is 7.20. The van der Waals surface area contributed by atoms with Crippen LogP contribution < -0.4 is 5.32 Å². The van der Waals surface area contributed by atoms with Gasteiger partial charge < -0.3 is 10.1 Å². The van der Waals surface area contributed by atoms with Gasteiger partial charge in [-0.2, -0.15) is 5.10 Å². The van der Waals surface area contributed by atoms with E-state index in [1.54, 1.807) is 0 Å². The monoisotopic (exact) mass is 249 g/mol. The highest BCUT2D eigenvalue weighted by atomic mass is 16.5. The molecule has 3 rings (SSSR count). The van der Waals surface area contributed by atoms with Crippen LogP contribution >= 0.6 is 0 Å². The lowest BCUT2D eigenvalue weighted by Gasteiger charge is -2.24. The molecule has 4 heteroatoms. The molecule has 2 aliphatic rings. The molecule has 1 fully saturated rings. The Morgan fingerprint density at radius 2 is 2.39 bits per heavy atom. The summed E-state index contributed by atoms with van der Waals surface area (Å²) >= 11 is 0. The predicted molar refractivity (Wildman–Crippen MR) is 70.5 cm³/mol. The van der Waals surface area contributed by atoms with Gasteiger partial charge >= 0.3 is 0 Å². The summed E-state index contributed by atoms with van der Waals surface area (Å²) in [5.41, 5.74) is 2.83. The maximum absolute atomic E-state index is 5.66. The van der Waals surface area contributed by atoms with E-state index in [4.69, 9.17) is 4.74 Å². The van der Waals surface area contributed by atoms with Crippen LogP contribution in [0.15, 0.2) is 6.20 Å². The standard InChI is InChI=1S/C14H23N3O/c1-17-14-6-2-5-13(12(14)10-16-17)15-8-7-11-4-3-9-18-11/h10-11,13,15H,2-9H2,1H3. The normalized spacial score (nSPS) is 27.4. The van der Waals surface area contributed by atoms with Gasteiger partial charge in [0, 0.05) is 31.0 Å². The van der Waals surface area contributed by atoms with Crippen LogP contribution in [-0.4, -0.2) is 29.0 Å². The lowest BCUT2D eigenvalue weighted by atomic mass is 9.93. The summed E-state index contributed by atoms with van der Waals surface area (Å²) in [7, 11) is 2.05. The third-order valence-corrected chi connectivity index (χ3v) is 4.26. The fourth-order valence-electron chi connectivity index (χ4n) is 3.21. The van der Waals surface area contributed by atoms with Gasteiger partial charge in [0.1, 0.15) is 0 Å². The molecule has 0 aromatic carbocycles. The number of hydrogen-bond acceptors (Lipinski definition) is 3. The van der Waals surface area contributed by atoms with Crippen molar-refractivity contribution in [3.8, 4) is 0 Å². The first kappa shape index (κ1) is 12.2. The number of fused-ring (bicyclic) bond motifs is 1. The Hall–Kier alpha value is -0.870. The molecule has 1 aromatic heterocycles. The Morgan fingerprint density at radius 3 is 3.22 bits per heavy atom. The van der Waals surface area contributed by atoms with Crippen molar-refractivity contribution >= 4 is 0 Å². The van der Waals surface area contributed by atoms with Crippen LogP contribution in [0.5, 0.6) is 0 Å². The van der Waals surface area contributed by atoms with Gasteiger partial charge in [0.2, 0.25) is 0 Å². The molecule has 2 unspecified atom stereocenters. The average Bonchev–Trinajstić information content (AvgIpc) is 3.01. The van der Waals surface area contributed by atoms with Crippen LogP contribution in [-0.2, 0) is 18.2 Å². The quantitative estimate of drug-likeness (QED) is 0.886. The van der Waals surface area contributed by atoms with Crippen molar-refractivity contribution in [1.29, 1.82) is 0 Å². The van der Waals surface area contributed by atoms with Crippen molar-refractivity contribution in [3.63, 3.8) is 0 Å². The zero-order valence-electron chi connectivity index (χ0n) is 11.2. The minimum atomic E-state index is 0.495. The van der Waals surface area contributed by atoms with Crippen molar-refractivity contribution in [2.75, 3.05) is 13.2 Å². The number of aromatic nitrogens is 2. The molecule has 1 saturated heterocycles. The predicted octanol–water partition coefficient (Wildman–Crippen LogP) is 1.96. The summed E-state index contributed by atoms with van der Waals surface area (Å²) in [6, 6.07) is 0.504. The van der Waals surface area contributed by atoms with Crippen molar-refractivity contribution in [2.24, 2.45) is 7.05 Å². The molecule has 0 saturated carbocycles. The molecule has 0 radical (unpaired) electrons. The highest BCUT2D eigenvalue weighted by Gasteiger charge is 2.23. The smallest absolute Gasteiger partial charge is 0.0588 e. The fourth-order valence-corrected chi connectivity index (χ4v) is 3.21. The Morgan fingerprint density at radius 1 is 1.44 bits per heavy atom. The lowest BCUT2D eigenvalue weighted by Crippen LogP contribution is -2.28. The zero-order valence-corrected chi connectivity index (χ0v) is 11.2. The number of ether oxygens (including phenoxy) is 1. The molecule has 1 N–H and O–H groups in total. The number of nitrogens with one attached hydrogen (secondary N) is 1. The zero-order chi connectivity index (χ0) is 12.4. The van der Waals surface area contributed by atoms with Crippen LogP contribution in [0, 0.1) is 0 Å². The van der Waals surface area contributed by atoms with Gasteiger partial charge in [-0.05, 0) is 45.1 Å². The number of hydrogen-bond donors (Lipinski definition) is 1. The minimum Gasteiger partial charge on any atom is -0.378 e. The van der Waals surface area contributed by atoms with Crippen molar-refractivity contribution < 1.29 is 4.74 Å². The van der Waals surface area contributed by atoms with E-state index < -0.39 is 0 Å². The molecule has 100 valence electrons. The van der Waals surface area contributed by atoms with E-state index in [0.717, 1.165) is 19.6 Å². The van der Waals surface area contributed by atoms with Gasteiger partial charge in [0.15, 0.2) is 0 Å². The van der Waals surface area contributed by atoms with Gasteiger partial charge in [0.05, 0.1) is 12.3 Å². The first-order chi connectivity index (χ1) is 8.84. The average molecular weight is 249 g/mol. The van der Waals surface area contributed by atoms with Crippen LogP contribution in [0.2, 0.25) is 0 Å². The van der Waals surface area contributed by atoms with Crippen LogP contribution in [0.3, 0.4) is 0 Å². The molecular weight excluding hydrogens is 226 g/mol. The lowest BCUT2D eigenvalue weighted by molar-refractivity contribution is 0.103. The second-order valence-electron chi connectivity index (χ2n) is 5.49. The summed E-state index contributed by atoms with van der Waals surface area (Å²) in [4.78, 5) is 0. The van der Waals surface area contributed by atoms with E-state index in [1.807, 2.05) is 17.9 Å². The second kappa shape index (κ2) is 5.41. The van der Waals surface area contributed by atoms with E-state index in [1.165, 1.54) is 43.4 Å². The summed E-state index contributed by atoms with van der Waals surface area (Å²) < 4.78 is 7.69. The molecule has 4 nitrogen and oxygen atoms in total. The molecule has 2 heterocycles. The summed E-state index contributed by atoms with van der Waals surface area (Å²) in [6.45, 7) is 2.02. The van der Waals surface area contributed by atoms with Gasteiger partial charge in [0.25, 0.3) is 0 Å². The Bertz CT molecular complexity index is 396. The van der Waals surface area contributed by atoms with E-state index in [9.17, 15) is 0 Å². The van der Waals surface area contributed by atoms with Crippen LogP contribution in [0.25, 0.3) is 0 Å². The Labute approximate surface area is 109 Å². The highest BCUT2D eigenvalue weighted by Crippen LogP contribution is 2.29. The number of rotatable bonds is 4. The van der Waals surface area contributed by atoms with Gasteiger partial charge in [-0.15, -0.1) is 0 Å². The van der Waals surface area contributed by atoms with E-state index in [-0.39, 0.29) is 0 Å². The van der Waals surface area contributed by atoms with E-state index in [2.05, 4.69) is 10.4 Å². The van der Waals surface area contributed by atoms with Crippen molar-refractivity contribution in [1.82, 2.24) is 15.1 Å². The van der Waals surface area contributed by atoms with Gasteiger partial charge in [-0.3, -0.25) is 4.68 Å². The van der Waals surface area contributed by atoms with Crippen LogP contribution in [0.4, 0.5) is 0 Å². The van der Waals surface area contributed by atoms with Crippen molar-refractivity contribution in [2.45, 2.75) is 50.7 Å². The molecule has 1 aromatic rings. The number of nitrogens with zero attached hydrogens (tertiary/aromatic N) is 2. The fraction of sp³-hybridized carbons (Fsp3) is 0.786. The molecule has 0 spiro atoms. The maximum Gasteiger partial charge on any atom is 0.0588 e. The maximum atomic E-state index is 5.66. The number of aryl methyl sites for hydroxylation is 1. The Balaban J connectivity index is 1.54. The van der Waals surface area contributed by atoms with Gasteiger partial charge in [-0.25, -0.2) is 0 Å². The highest BCUT2D eigenvalue weighted by molar-refractivity contribution is 5.24. The minimum absolute atomic E-state index is 0.495. The van der Waals surface area contributed by atoms with Crippen LogP contribution in [0.1, 0.15) is 49.4 Å². The molecular formula is C14H23N3O.